The van der Waals surface area contributed by atoms with Crippen molar-refractivity contribution < 1.29 is 14.3 Å². The highest BCUT2D eigenvalue weighted by atomic mass is 16.5. The molecule has 4 nitrogen and oxygen atoms in total. The Kier molecular flexibility index (Phi) is 7.44. The van der Waals surface area contributed by atoms with E-state index in [1.54, 1.807) is 14.2 Å². The van der Waals surface area contributed by atoms with E-state index < -0.39 is 5.41 Å². The monoisotopic (exact) mass is 279 g/mol. The summed E-state index contributed by atoms with van der Waals surface area (Å²) in [6.07, 6.45) is 1.04. The molecule has 0 aromatic heterocycles. The number of carbonyl (C=O) groups is 1. The van der Waals surface area contributed by atoms with Crippen molar-refractivity contribution >= 4 is 6.29 Å². The number of nitrogens with zero attached hydrogens (tertiary/aromatic N) is 1. The van der Waals surface area contributed by atoms with E-state index in [0.717, 1.165) is 24.9 Å². The van der Waals surface area contributed by atoms with Gasteiger partial charge in [-0.2, -0.15) is 0 Å². The molecule has 0 N–H and O–H groups in total. The van der Waals surface area contributed by atoms with Crippen LogP contribution in [0.25, 0.3) is 0 Å². The van der Waals surface area contributed by atoms with Gasteiger partial charge in [-0.25, -0.2) is 0 Å². The number of ether oxygens (including phenoxy) is 2. The van der Waals surface area contributed by atoms with E-state index in [1.807, 2.05) is 37.3 Å². The van der Waals surface area contributed by atoms with Crippen LogP contribution in [0, 0.1) is 0 Å². The van der Waals surface area contributed by atoms with Crippen LogP contribution < -0.4 is 0 Å². The molecule has 4 heteroatoms. The van der Waals surface area contributed by atoms with Crippen molar-refractivity contribution in [2.75, 3.05) is 47.1 Å². The van der Waals surface area contributed by atoms with Gasteiger partial charge in [0.15, 0.2) is 0 Å². The van der Waals surface area contributed by atoms with E-state index in [1.165, 1.54) is 0 Å². The topological polar surface area (TPSA) is 38.8 Å². The number of hydrogen-bond acceptors (Lipinski definition) is 4. The van der Waals surface area contributed by atoms with Crippen LogP contribution in [0.4, 0.5) is 0 Å². The molecule has 0 aliphatic carbocycles. The maximum Gasteiger partial charge on any atom is 0.131 e. The van der Waals surface area contributed by atoms with Crippen molar-refractivity contribution in [2.24, 2.45) is 0 Å². The molecule has 0 saturated carbocycles. The third-order valence-corrected chi connectivity index (χ3v) is 3.47. The van der Waals surface area contributed by atoms with Gasteiger partial charge in [0, 0.05) is 33.9 Å². The summed E-state index contributed by atoms with van der Waals surface area (Å²) in [5.74, 6) is 0. The molecular formula is C16H25NO3. The van der Waals surface area contributed by atoms with Crippen LogP contribution in [-0.2, 0) is 19.7 Å². The smallest absolute Gasteiger partial charge is 0.131 e. The molecule has 0 aliphatic rings. The molecule has 0 radical (unpaired) electrons. The van der Waals surface area contributed by atoms with Gasteiger partial charge in [-0.3, -0.25) is 4.90 Å². The van der Waals surface area contributed by atoms with Gasteiger partial charge < -0.3 is 14.3 Å². The average Bonchev–Trinajstić information content (AvgIpc) is 2.50. The first kappa shape index (κ1) is 16.8. The fourth-order valence-corrected chi connectivity index (χ4v) is 2.19. The number of rotatable bonds is 10. The van der Waals surface area contributed by atoms with E-state index in [0.29, 0.717) is 19.8 Å². The van der Waals surface area contributed by atoms with E-state index in [9.17, 15) is 4.79 Å². The SMILES string of the molecule is COCCN(CCOC)CC(C)(C=O)c1ccccc1. The van der Waals surface area contributed by atoms with E-state index in [-0.39, 0.29) is 0 Å². The Morgan fingerprint density at radius 1 is 1.10 bits per heavy atom. The normalized spacial score (nSPS) is 14.2. The summed E-state index contributed by atoms with van der Waals surface area (Å²) < 4.78 is 10.3. The lowest BCUT2D eigenvalue weighted by Gasteiger charge is -2.31. The zero-order valence-electron chi connectivity index (χ0n) is 12.7. The summed E-state index contributed by atoms with van der Waals surface area (Å²) in [7, 11) is 3.37. The van der Waals surface area contributed by atoms with Gasteiger partial charge in [-0.1, -0.05) is 30.3 Å². The lowest BCUT2D eigenvalue weighted by Crippen LogP contribution is -2.43. The lowest BCUT2D eigenvalue weighted by atomic mass is 9.83. The van der Waals surface area contributed by atoms with Crippen LogP contribution in [0.5, 0.6) is 0 Å². The Labute approximate surface area is 121 Å². The number of methoxy groups -OCH3 is 2. The highest BCUT2D eigenvalue weighted by Gasteiger charge is 2.28. The predicted octanol–water partition coefficient (Wildman–Crippen LogP) is 1.74. The van der Waals surface area contributed by atoms with Crippen molar-refractivity contribution in [3.8, 4) is 0 Å². The van der Waals surface area contributed by atoms with Crippen LogP contribution in [0.3, 0.4) is 0 Å². The minimum Gasteiger partial charge on any atom is -0.383 e. The molecule has 1 aromatic carbocycles. The average molecular weight is 279 g/mol. The second kappa shape index (κ2) is 8.84. The fourth-order valence-electron chi connectivity index (χ4n) is 2.19. The van der Waals surface area contributed by atoms with Crippen molar-refractivity contribution in [2.45, 2.75) is 12.3 Å². The molecule has 0 fully saturated rings. The standard InChI is InChI=1S/C16H25NO3/c1-16(14-18,15-7-5-4-6-8-15)13-17(9-11-19-2)10-12-20-3/h4-8,14H,9-13H2,1-3H3. The van der Waals surface area contributed by atoms with Crippen LogP contribution in [0.2, 0.25) is 0 Å². The van der Waals surface area contributed by atoms with Gasteiger partial charge in [-0.15, -0.1) is 0 Å². The molecular weight excluding hydrogens is 254 g/mol. The molecule has 0 bridgehead atoms. The van der Waals surface area contributed by atoms with E-state index in [2.05, 4.69) is 4.90 Å². The fraction of sp³-hybridized carbons (Fsp3) is 0.562. The molecule has 112 valence electrons. The van der Waals surface area contributed by atoms with Gasteiger partial charge in [0.1, 0.15) is 6.29 Å². The van der Waals surface area contributed by atoms with Crippen LogP contribution >= 0.6 is 0 Å². The van der Waals surface area contributed by atoms with Gasteiger partial charge in [-0.05, 0) is 12.5 Å². The first-order chi connectivity index (χ1) is 9.66. The molecule has 1 aromatic rings. The quantitative estimate of drug-likeness (QED) is 0.612. The summed E-state index contributed by atoms with van der Waals surface area (Å²) >= 11 is 0. The Bertz CT molecular complexity index is 375. The zero-order chi connectivity index (χ0) is 14.8. The minimum atomic E-state index is -0.511. The van der Waals surface area contributed by atoms with E-state index >= 15 is 0 Å². The number of hydrogen-bond donors (Lipinski definition) is 0. The summed E-state index contributed by atoms with van der Waals surface area (Å²) in [4.78, 5) is 13.8. The van der Waals surface area contributed by atoms with Crippen molar-refractivity contribution in [1.82, 2.24) is 4.90 Å². The second-order valence-corrected chi connectivity index (χ2v) is 5.16. The van der Waals surface area contributed by atoms with Crippen LogP contribution in [0.1, 0.15) is 12.5 Å². The summed E-state index contributed by atoms with van der Waals surface area (Å²) in [6, 6.07) is 9.89. The largest absolute Gasteiger partial charge is 0.383 e. The maximum atomic E-state index is 11.6. The molecule has 0 spiro atoms. The highest BCUT2D eigenvalue weighted by Crippen LogP contribution is 2.22. The summed E-state index contributed by atoms with van der Waals surface area (Å²) in [5, 5.41) is 0. The van der Waals surface area contributed by atoms with Gasteiger partial charge in [0.25, 0.3) is 0 Å². The van der Waals surface area contributed by atoms with Crippen molar-refractivity contribution in [3.63, 3.8) is 0 Å². The van der Waals surface area contributed by atoms with Gasteiger partial charge in [0.2, 0.25) is 0 Å². The third-order valence-electron chi connectivity index (χ3n) is 3.47. The van der Waals surface area contributed by atoms with Crippen molar-refractivity contribution in [1.29, 1.82) is 0 Å². The lowest BCUT2D eigenvalue weighted by molar-refractivity contribution is -0.112. The van der Waals surface area contributed by atoms with Crippen LogP contribution in [0.15, 0.2) is 30.3 Å². The highest BCUT2D eigenvalue weighted by molar-refractivity contribution is 5.68. The summed E-state index contributed by atoms with van der Waals surface area (Å²) in [6.45, 7) is 5.50. The second-order valence-electron chi connectivity index (χ2n) is 5.16. The Morgan fingerprint density at radius 2 is 1.65 bits per heavy atom. The van der Waals surface area contributed by atoms with E-state index in [4.69, 9.17) is 9.47 Å². The first-order valence-corrected chi connectivity index (χ1v) is 6.88. The van der Waals surface area contributed by atoms with Crippen LogP contribution in [-0.4, -0.2) is 58.3 Å². The molecule has 0 amide bonds. The number of aldehydes is 1. The molecule has 0 heterocycles. The molecule has 1 unspecified atom stereocenters. The van der Waals surface area contributed by atoms with Gasteiger partial charge in [0.05, 0.1) is 18.6 Å². The molecule has 0 aliphatic heterocycles. The Morgan fingerprint density at radius 3 is 2.10 bits per heavy atom. The first-order valence-electron chi connectivity index (χ1n) is 6.88. The molecule has 1 rings (SSSR count). The molecule has 1 atom stereocenters. The van der Waals surface area contributed by atoms with Crippen molar-refractivity contribution in [3.05, 3.63) is 35.9 Å². The molecule has 20 heavy (non-hydrogen) atoms. The zero-order valence-corrected chi connectivity index (χ0v) is 12.7. The minimum absolute atomic E-state index is 0.511. The number of carbonyl (C=O) groups excluding carboxylic acids is 1. The number of benzene rings is 1. The predicted molar refractivity (Wildman–Crippen MR) is 80.1 cm³/mol. The maximum absolute atomic E-state index is 11.6. The van der Waals surface area contributed by atoms with Gasteiger partial charge >= 0.3 is 0 Å². The summed E-state index contributed by atoms with van der Waals surface area (Å²) in [5.41, 5.74) is 0.526. The Hall–Kier alpha value is -1.23. The Balaban J connectivity index is 2.78. The third kappa shape index (κ3) is 5.04. The molecule has 0 saturated heterocycles.